The number of benzene rings is 1. The molecule has 31 heavy (non-hydrogen) atoms. The van der Waals surface area contributed by atoms with Crippen molar-refractivity contribution in [3.8, 4) is 11.5 Å². The minimum atomic E-state index is -2.91. The summed E-state index contributed by atoms with van der Waals surface area (Å²) in [6.45, 7) is 6.78. The molecule has 0 bridgehead atoms. The van der Waals surface area contributed by atoms with Crippen LogP contribution < -0.4 is 20.1 Å². The van der Waals surface area contributed by atoms with Crippen molar-refractivity contribution in [2.24, 2.45) is 4.99 Å². The van der Waals surface area contributed by atoms with E-state index in [2.05, 4.69) is 46.1 Å². The summed E-state index contributed by atoms with van der Waals surface area (Å²) < 4.78 is 40.5. The Labute approximate surface area is 199 Å². The van der Waals surface area contributed by atoms with Crippen molar-refractivity contribution in [2.75, 3.05) is 20.2 Å². The van der Waals surface area contributed by atoms with Gasteiger partial charge in [0.05, 0.1) is 13.3 Å². The molecule has 2 rings (SSSR count). The van der Waals surface area contributed by atoms with E-state index >= 15 is 0 Å². The van der Waals surface area contributed by atoms with Crippen molar-refractivity contribution in [1.29, 1.82) is 0 Å². The van der Waals surface area contributed by atoms with Crippen molar-refractivity contribution >= 4 is 29.9 Å². The molecule has 1 aromatic carbocycles. The molecule has 2 aromatic rings. The van der Waals surface area contributed by atoms with Crippen molar-refractivity contribution in [1.82, 2.24) is 15.6 Å². The zero-order valence-electron chi connectivity index (χ0n) is 18.5. The lowest BCUT2D eigenvalue weighted by Crippen LogP contribution is -2.38. The van der Waals surface area contributed by atoms with Gasteiger partial charge in [-0.05, 0) is 31.0 Å². The first kappa shape index (κ1) is 26.9. The Hall–Kier alpha value is -2.11. The van der Waals surface area contributed by atoms with Crippen LogP contribution in [0.5, 0.6) is 11.5 Å². The second-order valence-corrected chi connectivity index (χ2v) is 7.60. The highest BCUT2D eigenvalue weighted by atomic mass is 127. The predicted octanol–water partition coefficient (Wildman–Crippen LogP) is 4.50. The lowest BCUT2D eigenvalue weighted by molar-refractivity contribution is -0.0512. The molecular formula is C21H31F2IN4O3. The molecule has 0 fully saturated rings. The fourth-order valence-electron chi connectivity index (χ4n) is 2.61. The van der Waals surface area contributed by atoms with Gasteiger partial charge in [0.25, 0.3) is 0 Å². The van der Waals surface area contributed by atoms with E-state index in [-0.39, 0.29) is 40.9 Å². The molecule has 7 nitrogen and oxygen atoms in total. The molecule has 10 heteroatoms. The van der Waals surface area contributed by atoms with Crippen molar-refractivity contribution < 1.29 is 22.7 Å². The summed E-state index contributed by atoms with van der Waals surface area (Å²) in [5.74, 6) is 2.25. The smallest absolute Gasteiger partial charge is 0.387 e. The molecule has 0 saturated carbocycles. The monoisotopic (exact) mass is 552 g/mol. The third kappa shape index (κ3) is 8.88. The van der Waals surface area contributed by atoms with E-state index in [0.29, 0.717) is 37.9 Å². The number of aliphatic imine (C=N–C) groups is 1. The number of halogens is 3. The van der Waals surface area contributed by atoms with Gasteiger partial charge in [0, 0.05) is 18.5 Å². The summed E-state index contributed by atoms with van der Waals surface area (Å²) in [5, 5.41) is 6.37. The molecule has 0 amide bonds. The summed E-state index contributed by atoms with van der Waals surface area (Å²) in [6.07, 6.45) is 2.31. The lowest BCUT2D eigenvalue weighted by atomic mass is 9.94. The summed E-state index contributed by atoms with van der Waals surface area (Å²) in [7, 11) is 1.41. The Morgan fingerprint density at radius 3 is 2.55 bits per heavy atom. The van der Waals surface area contributed by atoms with Crippen LogP contribution in [0, 0.1) is 0 Å². The highest BCUT2D eigenvalue weighted by Crippen LogP contribution is 2.29. The number of hydrogen-bond donors (Lipinski definition) is 2. The van der Waals surface area contributed by atoms with Crippen LogP contribution in [-0.4, -0.2) is 37.8 Å². The molecule has 0 saturated heterocycles. The van der Waals surface area contributed by atoms with Crippen molar-refractivity contribution in [3.05, 3.63) is 41.6 Å². The van der Waals surface area contributed by atoms with Gasteiger partial charge in [-0.1, -0.05) is 26.8 Å². The van der Waals surface area contributed by atoms with E-state index in [0.717, 1.165) is 11.3 Å². The van der Waals surface area contributed by atoms with Crippen molar-refractivity contribution in [3.63, 3.8) is 0 Å². The number of hydrogen-bond acceptors (Lipinski definition) is 5. The molecule has 0 aliphatic carbocycles. The van der Waals surface area contributed by atoms with Gasteiger partial charge in [-0.3, -0.25) is 0 Å². The number of aromatic nitrogens is 1. The first-order valence-corrected chi connectivity index (χ1v) is 9.82. The van der Waals surface area contributed by atoms with Crippen LogP contribution in [0.3, 0.4) is 0 Å². The molecule has 1 heterocycles. The second kappa shape index (κ2) is 12.7. The number of ether oxygens (including phenoxy) is 2. The number of alkyl halides is 2. The lowest BCUT2D eigenvalue weighted by Gasteiger charge is -2.13. The molecule has 0 atom stereocenters. The summed E-state index contributed by atoms with van der Waals surface area (Å²) in [6, 6.07) is 4.98. The van der Waals surface area contributed by atoms with Crippen LogP contribution in [0.15, 0.2) is 33.8 Å². The average Bonchev–Trinajstić information content (AvgIpc) is 3.15. The highest BCUT2D eigenvalue weighted by molar-refractivity contribution is 14.0. The first-order valence-electron chi connectivity index (χ1n) is 9.82. The zero-order chi connectivity index (χ0) is 22.1. The number of methoxy groups -OCH3 is 1. The molecule has 0 aliphatic heterocycles. The molecule has 0 aliphatic rings. The van der Waals surface area contributed by atoms with Gasteiger partial charge in [0.15, 0.2) is 17.5 Å². The second-order valence-electron chi connectivity index (χ2n) is 7.60. The van der Waals surface area contributed by atoms with Crippen LogP contribution in [0.1, 0.15) is 44.9 Å². The summed E-state index contributed by atoms with van der Waals surface area (Å²) in [4.78, 5) is 8.76. The van der Waals surface area contributed by atoms with Crippen LogP contribution in [0.4, 0.5) is 8.78 Å². The highest BCUT2D eigenvalue weighted by Gasteiger charge is 2.19. The minimum absolute atomic E-state index is 0. The fraction of sp³-hybridized carbons (Fsp3) is 0.524. The van der Waals surface area contributed by atoms with E-state index in [1.165, 1.54) is 7.11 Å². The van der Waals surface area contributed by atoms with Gasteiger partial charge in [0.2, 0.25) is 5.89 Å². The standard InChI is InChI=1S/C21H30F2N4O3.HI/c1-6-24-20(27-13-18-26-12-17(30-18)21(2,3)4)25-10-9-14-7-8-15(28-5)16(11-14)29-19(22)23;/h7-8,11-12,19H,6,9-10,13H2,1-5H3,(H2,24,25,27);1H. The zero-order valence-corrected chi connectivity index (χ0v) is 20.8. The maximum atomic E-state index is 12.6. The molecule has 1 aromatic heterocycles. The van der Waals surface area contributed by atoms with Crippen LogP contribution in [0.25, 0.3) is 0 Å². The summed E-state index contributed by atoms with van der Waals surface area (Å²) >= 11 is 0. The molecule has 0 spiro atoms. The number of nitrogens with zero attached hydrogens (tertiary/aromatic N) is 2. The third-order valence-corrected chi connectivity index (χ3v) is 4.16. The SMILES string of the molecule is CCNC(=NCc1ncc(C(C)(C)C)o1)NCCc1ccc(OC)c(OC(F)F)c1.I. The Balaban J connectivity index is 0.00000480. The normalized spacial score (nSPS) is 11.8. The van der Waals surface area contributed by atoms with E-state index in [1.807, 2.05) is 13.0 Å². The van der Waals surface area contributed by atoms with E-state index in [9.17, 15) is 8.78 Å². The average molecular weight is 552 g/mol. The van der Waals surface area contributed by atoms with E-state index in [1.54, 1.807) is 18.3 Å². The Morgan fingerprint density at radius 1 is 1.23 bits per heavy atom. The van der Waals surface area contributed by atoms with Gasteiger partial charge in [-0.2, -0.15) is 8.78 Å². The number of nitrogens with one attached hydrogen (secondary N) is 2. The first-order chi connectivity index (χ1) is 14.2. The van der Waals surface area contributed by atoms with Crippen LogP contribution in [0.2, 0.25) is 0 Å². The van der Waals surface area contributed by atoms with Gasteiger partial charge in [-0.15, -0.1) is 24.0 Å². The summed E-state index contributed by atoms with van der Waals surface area (Å²) in [5.41, 5.74) is 0.723. The Morgan fingerprint density at radius 2 is 1.97 bits per heavy atom. The number of rotatable bonds is 9. The molecule has 0 unspecified atom stereocenters. The van der Waals surface area contributed by atoms with Gasteiger partial charge < -0.3 is 24.5 Å². The van der Waals surface area contributed by atoms with Gasteiger partial charge >= 0.3 is 6.61 Å². The van der Waals surface area contributed by atoms with E-state index < -0.39 is 6.61 Å². The number of guanidine groups is 1. The third-order valence-electron chi connectivity index (χ3n) is 4.16. The molecule has 174 valence electrons. The Kier molecular flexibility index (Phi) is 11.0. The topological polar surface area (TPSA) is 80.9 Å². The van der Waals surface area contributed by atoms with Crippen molar-refractivity contribution in [2.45, 2.75) is 52.7 Å². The van der Waals surface area contributed by atoms with E-state index in [4.69, 9.17) is 9.15 Å². The fourth-order valence-corrected chi connectivity index (χ4v) is 2.61. The van der Waals surface area contributed by atoms with Gasteiger partial charge in [-0.25, -0.2) is 9.98 Å². The molecular weight excluding hydrogens is 521 g/mol. The quantitative estimate of drug-likeness (QED) is 0.271. The number of oxazole rings is 1. The van der Waals surface area contributed by atoms with Crippen LogP contribution in [-0.2, 0) is 18.4 Å². The largest absolute Gasteiger partial charge is 0.493 e. The minimum Gasteiger partial charge on any atom is -0.493 e. The maximum Gasteiger partial charge on any atom is 0.387 e. The Bertz CT molecular complexity index is 838. The maximum absolute atomic E-state index is 12.6. The molecule has 2 N–H and O–H groups in total. The predicted molar refractivity (Wildman–Crippen MR) is 127 cm³/mol. The van der Waals surface area contributed by atoms with Crippen LogP contribution >= 0.6 is 24.0 Å². The molecule has 0 radical (unpaired) electrons. The van der Waals surface area contributed by atoms with Gasteiger partial charge in [0.1, 0.15) is 12.3 Å².